The van der Waals surface area contributed by atoms with Crippen LogP contribution in [0, 0.1) is 13.8 Å². The van der Waals surface area contributed by atoms with Crippen LogP contribution in [-0.4, -0.2) is 35.4 Å². The molecule has 0 bridgehead atoms. The molecule has 0 saturated carbocycles. The zero-order chi connectivity index (χ0) is 20.6. The van der Waals surface area contributed by atoms with Gasteiger partial charge in [0.15, 0.2) is 0 Å². The molecule has 1 N–H and O–H groups in total. The Balaban J connectivity index is 2.05. The minimum absolute atomic E-state index is 0.0425. The van der Waals surface area contributed by atoms with E-state index in [-0.39, 0.29) is 24.7 Å². The summed E-state index contributed by atoms with van der Waals surface area (Å²) in [5.41, 5.74) is 5.34. The number of para-hydroxylation sites is 1. The Kier molecular flexibility index (Phi) is 5.45. The normalized spacial score (nSPS) is 11.4. The van der Waals surface area contributed by atoms with E-state index in [0.29, 0.717) is 6.04 Å². The van der Waals surface area contributed by atoms with E-state index in [2.05, 4.69) is 61.0 Å². The van der Waals surface area contributed by atoms with Gasteiger partial charge in [0.1, 0.15) is 0 Å². The Hall–Kier alpha value is -2.82. The van der Waals surface area contributed by atoms with E-state index in [4.69, 9.17) is 0 Å². The largest absolute Gasteiger partial charge is 0.349 e. The van der Waals surface area contributed by atoms with E-state index >= 15 is 0 Å². The second-order valence-electron chi connectivity index (χ2n) is 7.90. The fraction of sp³-hybridized carbons (Fsp3) is 0.391. The highest BCUT2D eigenvalue weighted by atomic mass is 16.2. The molecule has 5 nitrogen and oxygen atoms in total. The fourth-order valence-electron chi connectivity index (χ4n) is 3.91. The molecule has 0 saturated heterocycles. The lowest BCUT2D eigenvalue weighted by molar-refractivity contribution is -0.130. The van der Waals surface area contributed by atoms with Crippen molar-refractivity contribution >= 4 is 39.3 Å². The molecule has 0 unspecified atom stereocenters. The molecule has 0 aliphatic heterocycles. The van der Waals surface area contributed by atoms with Gasteiger partial charge in [-0.1, -0.05) is 18.2 Å². The molecule has 0 aliphatic carbocycles. The lowest BCUT2D eigenvalue weighted by atomic mass is 10.0. The number of aryl methyl sites for hydroxylation is 2. The lowest BCUT2D eigenvalue weighted by Gasteiger charge is -2.16. The van der Waals surface area contributed by atoms with E-state index in [1.54, 1.807) is 14.1 Å². The third-order valence-electron chi connectivity index (χ3n) is 5.29. The van der Waals surface area contributed by atoms with E-state index in [0.717, 1.165) is 16.8 Å². The van der Waals surface area contributed by atoms with Crippen molar-refractivity contribution in [2.75, 3.05) is 19.4 Å². The third kappa shape index (κ3) is 3.49. The smallest absolute Gasteiger partial charge is 0.224 e. The van der Waals surface area contributed by atoms with Crippen LogP contribution in [0.2, 0.25) is 0 Å². The topological polar surface area (TPSA) is 54.3 Å². The van der Waals surface area contributed by atoms with Crippen LogP contribution >= 0.6 is 0 Å². The molecule has 28 heavy (non-hydrogen) atoms. The predicted octanol–water partition coefficient (Wildman–Crippen LogP) is 4.80. The molecule has 148 valence electrons. The Morgan fingerprint density at radius 2 is 1.75 bits per heavy atom. The highest BCUT2D eigenvalue weighted by Crippen LogP contribution is 2.38. The minimum atomic E-state index is -0.131. The number of anilines is 1. The summed E-state index contributed by atoms with van der Waals surface area (Å²) in [6.45, 7) is 8.46. The summed E-state index contributed by atoms with van der Waals surface area (Å²) in [4.78, 5) is 25.7. The summed E-state index contributed by atoms with van der Waals surface area (Å²) in [5.74, 6) is -0.174. The number of aromatic nitrogens is 1. The van der Waals surface area contributed by atoms with Crippen LogP contribution in [-0.2, 0) is 9.59 Å². The molecule has 2 aromatic carbocycles. The van der Waals surface area contributed by atoms with Gasteiger partial charge < -0.3 is 14.8 Å². The van der Waals surface area contributed by atoms with Gasteiger partial charge in [0, 0.05) is 55.0 Å². The summed E-state index contributed by atoms with van der Waals surface area (Å²) in [5, 5.41) is 5.42. The average molecular weight is 380 g/mol. The number of nitrogens with zero attached hydrogens (tertiary/aromatic N) is 2. The van der Waals surface area contributed by atoms with Crippen LogP contribution in [0.5, 0.6) is 0 Å². The van der Waals surface area contributed by atoms with Gasteiger partial charge in [0.2, 0.25) is 11.8 Å². The van der Waals surface area contributed by atoms with Crippen LogP contribution < -0.4 is 5.32 Å². The number of nitrogens with one attached hydrogen (secondary N) is 1. The molecule has 0 radical (unpaired) electrons. The van der Waals surface area contributed by atoms with Crippen molar-refractivity contribution in [3.63, 3.8) is 0 Å². The zero-order valence-corrected chi connectivity index (χ0v) is 17.6. The molecule has 0 spiro atoms. The number of amides is 2. The first kappa shape index (κ1) is 19.9. The molecule has 3 rings (SSSR count). The Labute approximate surface area is 166 Å². The number of hydrogen-bond donors (Lipinski definition) is 1. The molecule has 5 heteroatoms. The highest BCUT2D eigenvalue weighted by Gasteiger charge is 2.19. The van der Waals surface area contributed by atoms with Crippen molar-refractivity contribution in [1.82, 2.24) is 9.47 Å². The van der Waals surface area contributed by atoms with Gasteiger partial charge in [-0.25, -0.2) is 0 Å². The molecule has 1 aromatic heterocycles. The van der Waals surface area contributed by atoms with Crippen LogP contribution in [0.4, 0.5) is 5.69 Å². The maximum Gasteiger partial charge on any atom is 0.224 e. The van der Waals surface area contributed by atoms with Gasteiger partial charge in [0.25, 0.3) is 0 Å². The highest BCUT2D eigenvalue weighted by molar-refractivity contribution is 6.12. The van der Waals surface area contributed by atoms with Gasteiger partial charge in [-0.2, -0.15) is 0 Å². The Bertz CT molecular complexity index is 1060. The van der Waals surface area contributed by atoms with Crippen molar-refractivity contribution < 1.29 is 9.59 Å². The van der Waals surface area contributed by atoms with Crippen LogP contribution in [0.1, 0.15) is 43.9 Å². The number of hydrogen-bond acceptors (Lipinski definition) is 2. The summed E-state index contributed by atoms with van der Waals surface area (Å²) in [6, 6.07) is 10.9. The van der Waals surface area contributed by atoms with Crippen molar-refractivity contribution in [1.29, 1.82) is 0 Å². The van der Waals surface area contributed by atoms with Gasteiger partial charge in [-0.15, -0.1) is 0 Å². The predicted molar refractivity (Wildman–Crippen MR) is 116 cm³/mol. The van der Waals surface area contributed by atoms with Crippen molar-refractivity contribution in [3.8, 4) is 0 Å². The summed E-state index contributed by atoms with van der Waals surface area (Å²) < 4.78 is 2.35. The van der Waals surface area contributed by atoms with Crippen LogP contribution in [0.15, 0.2) is 30.3 Å². The number of benzene rings is 2. The van der Waals surface area contributed by atoms with Crippen molar-refractivity contribution in [2.45, 2.75) is 46.6 Å². The monoisotopic (exact) mass is 379 g/mol. The van der Waals surface area contributed by atoms with Crippen LogP contribution in [0.3, 0.4) is 0 Å². The quantitative estimate of drug-likeness (QED) is 0.692. The third-order valence-corrected chi connectivity index (χ3v) is 5.29. The fourth-order valence-corrected chi connectivity index (χ4v) is 3.91. The van der Waals surface area contributed by atoms with Gasteiger partial charge in [-0.3, -0.25) is 9.59 Å². The van der Waals surface area contributed by atoms with E-state index in [9.17, 15) is 9.59 Å². The molecular weight excluding hydrogens is 350 g/mol. The van der Waals surface area contributed by atoms with Crippen molar-refractivity contribution in [2.24, 2.45) is 0 Å². The van der Waals surface area contributed by atoms with Gasteiger partial charge in [-0.05, 0) is 51.0 Å². The number of carbonyl (C=O) groups is 2. The van der Waals surface area contributed by atoms with Crippen molar-refractivity contribution in [3.05, 3.63) is 41.5 Å². The average Bonchev–Trinajstić information content (AvgIpc) is 2.97. The number of fused-ring (bicyclic) bond motifs is 3. The first-order valence-corrected chi connectivity index (χ1v) is 9.75. The lowest BCUT2D eigenvalue weighted by Crippen LogP contribution is -2.23. The Morgan fingerprint density at radius 1 is 1.07 bits per heavy atom. The van der Waals surface area contributed by atoms with Crippen LogP contribution in [0.25, 0.3) is 21.8 Å². The van der Waals surface area contributed by atoms with E-state index < -0.39 is 0 Å². The van der Waals surface area contributed by atoms with Gasteiger partial charge >= 0.3 is 0 Å². The standard InChI is InChI=1S/C23H29N3O2/c1-14(2)26-18-10-8-7-9-17(18)22-16(4)23(15(3)13-19(22)26)24-20(27)11-12-21(28)25(5)6/h7-10,13-14H,11-12H2,1-6H3,(H,24,27). The second kappa shape index (κ2) is 7.66. The molecule has 3 aromatic rings. The molecule has 0 fully saturated rings. The van der Waals surface area contributed by atoms with E-state index in [1.165, 1.54) is 26.7 Å². The molecule has 0 aliphatic rings. The zero-order valence-electron chi connectivity index (χ0n) is 17.6. The summed E-state index contributed by atoms with van der Waals surface area (Å²) in [6.07, 6.45) is 0.396. The molecular formula is C23H29N3O2. The van der Waals surface area contributed by atoms with E-state index in [1.807, 2.05) is 6.92 Å². The number of rotatable bonds is 5. The number of carbonyl (C=O) groups excluding carboxylic acids is 2. The maximum absolute atomic E-state index is 12.5. The molecule has 1 heterocycles. The maximum atomic E-state index is 12.5. The second-order valence-corrected chi connectivity index (χ2v) is 7.90. The summed E-state index contributed by atoms with van der Waals surface area (Å²) >= 11 is 0. The molecule has 2 amide bonds. The first-order chi connectivity index (χ1) is 13.2. The molecule has 0 atom stereocenters. The van der Waals surface area contributed by atoms with Gasteiger partial charge in [0.05, 0.1) is 5.52 Å². The Morgan fingerprint density at radius 3 is 2.39 bits per heavy atom. The summed E-state index contributed by atoms with van der Waals surface area (Å²) in [7, 11) is 3.40. The minimum Gasteiger partial charge on any atom is -0.349 e. The first-order valence-electron chi connectivity index (χ1n) is 9.75. The SMILES string of the molecule is Cc1cc2c(c(C)c1NC(=O)CCC(=O)N(C)C)c1ccccc1n2C(C)C.